The summed E-state index contributed by atoms with van der Waals surface area (Å²) in [5, 5.41) is 12.4. The third-order valence-corrected chi connectivity index (χ3v) is 6.70. The van der Waals surface area contributed by atoms with E-state index in [2.05, 4.69) is 18.0 Å². The molecule has 2 heterocycles. The first-order valence-corrected chi connectivity index (χ1v) is 12.5. The Labute approximate surface area is 206 Å². The molecule has 0 saturated heterocycles. The molecule has 1 aliphatic heterocycles. The van der Waals surface area contributed by atoms with Crippen LogP contribution in [0.5, 0.6) is 11.5 Å². The van der Waals surface area contributed by atoms with Crippen LogP contribution in [0.15, 0.2) is 48.4 Å². The Bertz CT molecular complexity index is 931. The molecule has 34 heavy (non-hydrogen) atoms. The zero-order chi connectivity index (χ0) is 24.5. The van der Waals surface area contributed by atoms with E-state index in [4.69, 9.17) is 14.2 Å². The van der Waals surface area contributed by atoms with E-state index in [0.717, 1.165) is 17.7 Å². The normalized spacial score (nSPS) is 16.4. The maximum absolute atomic E-state index is 13.4. The number of carbonyl (C=O) groups excluding carboxylic acids is 1. The summed E-state index contributed by atoms with van der Waals surface area (Å²) in [6.45, 7) is 9.94. The van der Waals surface area contributed by atoms with E-state index in [1.165, 1.54) is 4.88 Å². The minimum absolute atomic E-state index is 0.00919. The molecule has 0 aliphatic carbocycles. The number of thiophene rings is 1. The third kappa shape index (κ3) is 7.30. The molecule has 0 fully saturated rings. The lowest BCUT2D eigenvalue weighted by Gasteiger charge is -2.37. The van der Waals surface area contributed by atoms with Crippen molar-refractivity contribution in [1.29, 1.82) is 0 Å². The summed E-state index contributed by atoms with van der Waals surface area (Å²) in [5.41, 5.74) is 1.15. The molecule has 186 valence electrons. The summed E-state index contributed by atoms with van der Waals surface area (Å²) >= 11 is 1.72. The van der Waals surface area contributed by atoms with Crippen molar-refractivity contribution >= 4 is 17.2 Å². The highest BCUT2D eigenvalue weighted by atomic mass is 32.1. The largest absolute Gasteiger partial charge is 0.497 e. The Morgan fingerprint density at radius 1 is 1.35 bits per heavy atom. The maximum Gasteiger partial charge on any atom is 0.237 e. The average Bonchev–Trinajstić information content (AvgIpc) is 3.30. The highest BCUT2D eigenvalue weighted by Crippen LogP contribution is 2.34. The minimum atomic E-state index is -0.674. The lowest BCUT2D eigenvalue weighted by Crippen LogP contribution is -2.48. The first-order valence-electron chi connectivity index (χ1n) is 11.7. The summed E-state index contributed by atoms with van der Waals surface area (Å²) in [5.74, 6) is 1.44. The van der Waals surface area contributed by atoms with Crippen molar-refractivity contribution in [2.24, 2.45) is 0 Å². The number of amides is 1. The summed E-state index contributed by atoms with van der Waals surface area (Å²) in [4.78, 5) is 18.6. The Morgan fingerprint density at radius 3 is 2.88 bits per heavy atom. The van der Waals surface area contributed by atoms with E-state index in [1.54, 1.807) is 24.5 Å². The van der Waals surface area contributed by atoms with Gasteiger partial charge in [-0.2, -0.15) is 0 Å². The number of hydrogen-bond acceptors (Lipinski definition) is 7. The van der Waals surface area contributed by atoms with Crippen LogP contribution in [0.4, 0.5) is 0 Å². The summed E-state index contributed by atoms with van der Waals surface area (Å²) in [7, 11) is 1.62. The molecule has 0 radical (unpaired) electrons. The van der Waals surface area contributed by atoms with Crippen LogP contribution in [-0.4, -0.2) is 79.5 Å². The van der Waals surface area contributed by atoms with E-state index < -0.39 is 6.10 Å². The lowest BCUT2D eigenvalue weighted by atomic mass is 10.0. The molecule has 0 spiro atoms. The number of rotatable bonds is 13. The van der Waals surface area contributed by atoms with E-state index in [-0.39, 0.29) is 31.2 Å². The van der Waals surface area contributed by atoms with E-state index in [1.807, 2.05) is 47.9 Å². The van der Waals surface area contributed by atoms with Gasteiger partial charge >= 0.3 is 0 Å². The lowest BCUT2D eigenvalue weighted by molar-refractivity contribution is -0.136. The topological polar surface area (TPSA) is 71.5 Å². The van der Waals surface area contributed by atoms with Crippen molar-refractivity contribution in [1.82, 2.24) is 9.80 Å². The number of benzene rings is 1. The number of nitrogens with zero attached hydrogens (tertiary/aromatic N) is 2. The molecule has 1 aliphatic rings. The predicted octanol–water partition coefficient (Wildman–Crippen LogP) is 3.54. The van der Waals surface area contributed by atoms with Gasteiger partial charge in [-0.3, -0.25) is 9.69 Å². The van der Waals surface area contributed by atoms with Crippen LogP contribution < -0.4 is 9.47 Å². The predicted molar refractivity (Wildman–Crippen MR) is 135 cm³/mol. The van der Waals surface area contributed by atoms with Crippen LogP contribution >= 0.6 is 11.3 Å². The minimum Gasteiger partial charge on any atom is -0.497 e. The number of hydrogen-bond donors (Lipinski definition) is 1. The molecule has 7 nitrogen and oxygen atoms in total. The van der Waals surface area contributed by atoms with Gasteiger partial charge < -0.3 is 24.2 Å². The van der Waals surface area contributed by atoms with Gasteiger partial charge in [-0.1, -0.05) is 12.1 Å². The van der Waals surface area contributed by atoms with E-state index in [9.17, 15) is 9.90 Å². The fraction of sp³-hybridized carbons (Fsp3) is 0.500. The molecule has 0 saturated carbocycles. The third-order valence-electron chi connectivity index (χ3n) is 5.70. The molecule has 1 N–H and O–H groups in total. The fourth-order valence-corrected chi connectivity index (χ4v) is 4.99. The second-order valence-electron chi connectivity index (χ2n) is 8.66. The van der Waals surface area contributed by atoms with Crippen molar-refractivity contribution in [3.8, 4) is 11.5 Å². The van der Waals surface area contributed by atoms with Gasteiger partial charge in [0.25, 0.3) is 0 Å². The van der Waals surface area contributed by atoms with Crippen LogP contribution in [0.1, 0.15) is 30.3 Å². The van der Waals surface area contributed by atoms with E-state index in [0.29, 0.717) is 32.0 Å². The number of carbonyl (C=O) groups is 1. The maximum atomic E-state index is 13.4. The van der Waals surface area contributed by atoms with Crippen LogP contribution in [0.3, 0.4) is 0 Å². The Morgan fingerprint density at radius 2 is 2.15 bits per heavy atom. The molecular weight excluding hydrogens is 452 g/mol. The van der Waals surface area contributed by atoms with Crippen LogP contribution in [-0.2, 0) is 16.0 Å². The molecule has 8 heteroatoms. The second kappa shape index (κ2) is 12.9. The number of fused-ring (bicyclic) bond motifs is 1. The van der Waals surface area contributed by atoms with Crippen LogP contribution in [0.2, 0.25) is 0 Å². The number of aliphatic hydroxyl groups is 1. The number of methoxy groups -OCH3 is 1. The Kier molecular flexibility index (Phi) is 9.95. The molecular formula is C26H36N2O5S. The van der Waals surface area contributed by atoms with Gasteiger partial charge in [0.15, 0.2) is 0 Å². The van der Waals surface area contributed by atoms with Gasteiger partial charge in [-0.05, 0) is 49.4 Å². The highest BCUT2D eigenvalue weighted by molar-refractivity contribution is 7.10. The molecule has 0 bridgehead atoms. The molecule has 0 unspecified atom stereocenters. The summed E-state index contributed by atoms with van der Waals surface area (Å²) in [6, 6.07) is 9.40. The van der Waals surface area contributed by atoms with Crippen molar-refractivity contribution in [2.75, 3.05) is 46.5 Å². The standard InChI is InChI=1S/C26H36N2O5S/c1-5-11-27(15-20(29)17-32-19(2)3)16-26(30)28-12-9-25-23(10-13-34-25)24(28)18-33-22-8-6-7-21(14-22)31-4/h5-8,10,13-14,19-20,24,29H,1,9,11-12,15-18H2,2-4H3/t20-,24-/m0/s1. The number of ether oxygens (including phenoxy) is 3. The fourth-order valence-electron chi connectivity index (χ4n) is 4.06. The van der Waals surface area contributed by atoms with Crippen LogP contribution in [0.25, 0.3) is 0 Å². The van der Waals surface area contributed by atoms with Crippen LogP contribution in [0, 0.1) is 0 Å². The SMILES string of the molecule is C=CCN(CC(=O)N1CCc2sccc2[C@@H]1COc1cccc(OC)c1)C[C@H](O)COC(C)C. The van der Waals surface area contributed by atoms with Crippen molar-refractivity contribution in [2.45, 2.75) is 38.5 Å². The molecule has 2 aromatic rings. The molecule has 3 rings (SSSR count). The van der Waals surface area contributed by atoms with Gasteiger partial charge in [-0.15, -0.1) is 17.9 Å². The Hall–Kier alpha value is -2.39. The van der Waals surface area contributed by atoms with Gasteiger partial charge in [0.2, 0.25) is 5.91 Å². The average molecular weight is 489 g/mol. The highest BCUT2D eigenvalue weighted by Gasteiger charge is 2.33. The van der Waals surface area contributed by atoms with Gasteiger partial charge in [0, 0.05) is 30.6 Å². The first kappa shape index (κ1) is 26.2. The molecule has 2 atom stereocenters. The van der Waals surface area contributed by atoms with Gasteiger partial charge in [-0.25, -0.2) is 0 Å². The smallest absolute Gasteiger partial charge is 0.237 e. The monoisotopic (exact) mass is 488 g/mol. The van der Waals surface area contributed by atoms with Crippen molar-refractivity contribution in [3.05, 3.63) is 58.8 Å². The van der Waals surface area contributed by atoms with Crippen molar-refractivity contribution in [3.63, 3.8) is 0 Å². The number of aliphatic hydroxyl groups excluding tert-OH is 1. The zero-order valence-corrected chi connectivity index (χ0v) is 21.1. The quantitative estimate of drug-likeness (QED) is 0.435. The van der Waals surface area contributed by atoms with Gasteiger partial charge in [0.05, 0.1) is 38.5 Å². The summed E-state index contributed by atoms with van der Waals surface area (Å²) in [6.07, 6.45) is 1.95. The second-order valence-corrected chi connectivity index (χ2v) is 9.66. The van der Waals surface area contributed by atoms with E-state index >= 15 is 0 Å². The molecule has 1 amide bonds. The van der Waals surface area contributed by atoms with Gasteiger partial charge in [0.1, 0.15) is 18.1 Å². The summed E-state index contributed by atoms with van der Waals surface area (Å²) < 4.78 is 16.9. The van der Waals surface area contributed by atoms with Crippen molar-refractivity contribution < 1.29 is 24.1 Å². The molecule has 1 aromatic heterocycles. The Balaban J connectivity index is 1.69. The molecule has 1 aromatic carbocycles. The first-order chi connectivity index (χ1) is 16.4. The zero-order valence-electron chi connectivity index (χ0n) is 20.3.